The topological polar surface area (TPSA) is 46.0 Å². The molecular formula is C11H23N5. The van der Waals surface area contributed by atoms with E-state index in [2.05, 4.69) is 48.2 Å². The van der Waals surface area contributed by atoms with Crippen molar-refractivity contribution in [2.24, 2.45) is 0 Å². The molecule has 0 aliphatic rings. The minimum absolute atomic E-state index is 0.506. The Hall–Kier alpha value is -0.940. The van der Waals surface area contributed by atoms with Gasteiger partial charge in [0, 0.05) is 25.2 Å². The van der Waals surface area contributed by atoms with Crippen LogP contribution in [0.25, 0.3) is 0 Å². The van der Waals surface area contributed by atoms with Crippen LogP contribution in [0.2, 0.25) is 0 Å². The van der Waals surface area contributed by atoms with Crippen LogP contribution in [0.15, 0.2) is 12.7 Å². The molecule has 5 nitrogen and oxygen atoms in total. The van der Waals surface area contributed by atoms with E-state index < -0.39 is 0 Å². The first kappa shape index (κ1) is 13.1. The maximum absolute atomic E-state index is 4.08. The number of aryl methyl sites for hydroxylation is 1. The Balaban J connectivity index is 2.13. The Morgan fingerprint density at radius 1 is 1.38 bits per heavy atom. The van der Waals surface area contributed by atoms with Gasteiger partial charge in [-0.25, -0.2) is 4.98 Å². The molecular weight excluding hydrogens is 202 g/mol. The molecule has 0 radical (unpaired) electrons. The zero-order valence-electron chi connectivity index (χ0n) is 10.7. The zero-order chi connectivity index (χ0) is 12.0. The third kappa shape index (κ3) is 4.72. The van der Waals surface area contributed by atoms with Crippen molar-refractivity contribution in [2.75, 3.05) is 20.6 Å². The summed E-state index contributed by atoms with van der Waals surface area (Å²) in [7, 11) is 4.21. The van der Waals surface area contributed by atoms with E-state index in [0.717, 1.165) is 19.5 Å². The van der Waals surface area contributed by atoms with Crippen LogP contribution in [-0.4, -0.2) is 52.4 Å². The van der Waals surface area contributed by atoms with Crippen molar-refractivity contribution in [1.82, 2.24) is 25.0 Å². The third-order valence-corrected chi connectivity index (χ3v) is 2.90. The van der Waals surface area contributed by atoms with Crippen molar-refractivity contribution in [3.63, 3.8) is 0 Å². The lowest BCUT2D eigenvalue weighted by Crippen LogP contribution is -2.39. The highest BCUT2D eigenvalue weighted by molar-refractivity contribution is 4.68. The summed E-state index contributed by atoms with van der Waals surface area (Å²) in [6, 6.07) is 1.07. The summed E-state index contributed by atoms with van der Waals surface area (Å²) in [6.45, 7) is 6.37. The molecule has 5 heteroatoms. The van der Waals surface area contributed by atoms with Gasteiger partial charge in [-0.05, 0) is 34.4 Å². The van der Waals surface area contributed by atoms with E-state index in [0.29, 0.717) is 12.1 Å². The van der Waals surface area contributed by atoms with Crippen LogP contribution in [0.3, 0.4) is 0 Å². The number of nitrogens with zero attached hydrogens (tertiary/aromatic N) is 4. The molecule has 0 fully saturated rings. The lowest BCUT2D eigenvalue weighted by Gasteiger charge is -2.22. The average Bonchev–Trinajstić information content (AvgIpc) is 2.75. The van der Waals surface area contributed by atoms with E-state index >= 15 is 0 Å². The Kier molecular flexibility index (Phi) is 5.42. The largest absolute Gasteiger partial charge is 0.313 e. The van der Waals surface area contributed by atoms with Crippen molar-refractivity contribution in [1.29, 1.82) is 0 Å². The first-order valence-corrected chi connectivity index (χ1v) is 5.82. The Labute approximate surface area is 97.9 Å². The van der Waals surface area contributed by atoms with Gasteiger partial charge >= 0.3 is 0 Å². The zero-order valence-corrected chi connectivity index (χ0v) is 10.7. The summed E-state index contributed by atoms with van der Waals surface area (Å²) in [4.78, 5) is 6.14. The minimum atomic E-state index is 0.506. The normalized spacial score (nSPS) is 15.3. The molecule has 0 amide bonds. The van der Waals surface area contributed by atoms with Gasteiger partial charge in [-0.3, -0.25) is 4.68 Å². The number of nitrogens with one attached hydrogen (secondary N) is 1. The van der Waals surface area contributed by atoms with Crippen molar-refractivity contribution in [2.45, 2.75) is 38.9 Å². The molecule has 1 heterocycles. The van der Waals surface area contributed by atoms with Crippen LogP contribution >= 0.6 is 0 Å². The molecule has 0 bridgehead atoms. The molecule has 0 spiro atoms. The van der Waals surface area contributed by atoms with E-state index in [9.17, 15) is 0 Å². The summed E-state index contributed by atoms with van der Waals surface area (Å²) in [5.41, 5.74) is 0. The van der Waals surface area contributed by atoms with Gasteiger partial charge in [0.1, 0.15) is 12.7 Å². The predicted octanol–water partition coefficient (Wildman–Crippen LogP) is 0.596. The molecule has 1 aromatic heterocycles. The molecule has 1 N–H and O–H groups in total. The van der Waals surface area contributed by atoms with Crippen LogP contribution in [0.5, 0.6) is 0 Å². The SMILES string of the molecule is CC(CCn1cncn1)NCC(C)N(C)C. The van der Waals surface area contributed by atoms with Crippen LogP contribution in [0.4, 0.5) is 0 Å². The lowest BCUT2D eigenvalue weighted by molar-refractivity contribution is 0.291. The number of hydrogen-bond acceptors (Lipinski definition) is 4. The quantitative estimate of drug-likeness (QED) is 0.738. The Morgan fingerprint density at radius 3 is 2.69 bits per heavy atom. The first-order chi connectivity index (χ1) is 7.59. The van der Waals surface area contributed by atoms with Crippen LogP contribution in [0, 0.1) is 0 Å². The molecule has 1 aromatic rings. The van der Waals surface area contributed by atoms with Gasteiger partial charge in [0.25, 0.3) is 0 Å². The monoisotopic (exact) mass is 225 g/mol. The molecule has 0 saturated carbocycles. The highest BCUT2D eigenvalue weighted by Crippen LogP contribution is 1.96. The number of hydrogen-bond donors (Lipinski definition) is 1. The lowest BCUT2D eigenvalue weighted by atomic mass is 10.2. The summed E-state index contributed by atoms with van der Waals surface area (Å²) in [5, 5.41) is 7.60. The Bertz CT molecular complexity index is 270. The summed E-state index contributed by atoms with van der Waals surface area (Å²) in [6.07, 6.45) is 4.41. The molecule has 2 unspecified atom stereocenters. The van der Waals surface area contributed by atoms with Gasteiger partial charge in [0.2, 0.25) is 0 Å². The maximum Gasteiger partial charge on any atom is 0.137 e. The van der Waals surface area contributed by atoms with Gasteiger partial charge in [0.15, 0.2) is 0 Å². The second kappa shape index (κ2) is 6.60. The fourth-order valence-corrected chi connectivity index (χ4v) is 1.33. The van der Waals surface area contributed by atoms with Gasteiger partial charge in [0.05, 0.1) is 0 Å². The molecule has 16 heavy (non-hydrogen) atoms. The summed E-state index contributed by atoms with van der Waals surface area (Å²) in [5.74, 6) is 0. The smallest absolute Gasteiger partial charge is 0.137 e. The van der Waals surface area contributed by atoms with Crippen LogP contribution < -0.4 is 5.32 Å². The fraction of sp³-hybridized carbons (Fsp3) is 0.818. The molecule has 0 aromatic carbocycles. The molecule has 0 aliphatic heterocycles. The Morgan fingerprint density at radius 2 is 2.12 bits per heavy atom. The maximum atomic E-state index is 4.08. The van der Waals surface area contributed by atoms with Crippen molar-refractivity contribution in [3.05, 3.63) is 12.7 Å². The first-order valence-electron chi connectivity index (χ1n) is 5.82. The number of likely N-dealkylation sites (N-methyl/N-ethyl adjacent to an activating group) is 1. The van der Waals surface area contributed by atoms with E-state index in [1.807, 2.05) is 4.68 Å². The average molecular weight is 225 g/mol. The second-order valence-corrected chi connectivity index (χ2v) is 4.57. The molecule has 0 saturated heterocycles. The van der Waals surface area contributed by atoms with Gasteiger partial charge in [-0.2, -0.15) is 5.10 Å². The van der Waals surface area contributed by atoms with Gasteiger partial charge < -0.3 is 10.2 Å². The highest BCUT2D eigenvalue weighted by Gasteiger charge is 2.07. The van der Waals surface area contributed by atoms with Crippen molar-refractivity contribution >= 4 is 0 Å². The number of aromatic nitrogens is 3. The van der Waals surface area contributed by atoms with E-state index in [1.165, 1.54) is 0 Å². The fourth-order valence-electron chi connectivity index (χ4n) is 1.33. The standard InChI is InChI=1S/C11H23N5/c1-10(13-7-11(2)15(3)4)5-6-16-9-12-8-14-16/h8-11,13H,5-7H2,1-4H3. The van der Waals surface area contributed by atoms with E-state index in [1.54, 1.807) is 12.7 Å². The molecule has 1 rings (SSSR count). The van der Waals surface area contributed by atoms with Gasteiger partial charge in [-0.15, -0.1) is 0 Å². The van der Waals surface area contributed by atoms with Crippen molar-refractivity contribution in [3.8, 4) is 0 Å². The summed E-state index contributed by atoms with van der Waals surface area (Å²) < 4.78 is 1.87. The third-order valence-electron chi connectivity index (χ3n) is 2.90. The minimum Gasteiger partial charge on any atom is -0.313 e. The van der Waals surface area contributed by atoms with Gasteiger partial charge in [-0.1, -0.05) is 0 Å². The number of rotatable bonds is 7. The van der Waals surface area contributed by atoms with E-state index in [4.69, 9.17) is 0 Å². The summed E-state index contributed by atoms with van der Waals surface area (Å²) >= 11 is 0. The second-order valence-electron chi connectivity index (χ2n) is 4.57. The molecule has 92 valence electrons. The highest BCUT2D eigenvalue weighted by atomic mass is 15.3. The van der Waals surface area contributed by atoms with E-state index in [-0.39, 0.29) is 0 Å². The van der Waals surface area contributed by atoms with Crippen LogP contribution in [0.1, 0.15) is 20.3 Å². The predicted molar refractivity (Wildman–Crippen MR) is 65.3 cm³/mol. The molecule has 2 atom stereocenters. The van der Waals surface area contributed by atoms with Crippen molar-refractivity contribution < 1.29 is 0 Å². The van der Waals surface area contributed by atoms with Crippen LogP contribution in [-0.2, 0) is 6.54 Å². The molecule has 0 aliphatic carbocycles.